The second-order valence-corrected chi connectivity index (χ2v) is 4.26. The molecule has 0 fully saturated rings. The largest absolute Gasteiger partial charge is 0.238 e. The Hall–Kier alpha value is -2.76. The molecule has 2 aromatic carbocycles. The van der Waals surface area contributed by atoms with Gasteiger partial charge in [0.2, 0.25) is 0 Å². The quantitative estimate of drug-likeness (QED) is 0.317. The zero-order valence-corrected chi connectivity index (χ0v) is 10.5. The van der Waals surface area contributed by atoms with Crippen LogP contribution in [0, 0.1) is 13.5 Å². The van der Waals surface area contributed by atoms with Gasteiger partial charge in [-0.15, -0.1) is 0 Å². The van der Waals surface area contributed by atoms with Crippen molar-refractivity contribution in [3.63, 3.8) is 0 Å². The smallest absolute Gasteiger partial charge is 0.187 e. The summed E-state index contributed by atoms with van der Waals surface area (Å²) in [6.07, 6.45) is 0. The molecule has 0 unspecified atom stereocenters. The van der Waals surface area contributed by atoms with Gasteiger partial charge in [-0.1, -0.05) is 47.1 Å². The van der Waals surface area contributed by atoms with Gasteiger partial charge < -0.3 is 0 Å². The minimum atomic E-state index is 0.341. The number of benzene rings is 2. The van der Waals surface area contributed by atoms with Crippen LogP contribution in [0.15, 0.2) is 47.6 Å². The van der Waals surface area contributed by atoms with E-state index in [2.05, 4.69) is 20.9 Å². The highest BCUT2D eigenvalue weighted by Crippen LogP contribution is 2.26. The summed E-state index contributed by atoms with van der Waals surface area (Å²) >= 11 is 0. The molecule has 4 nitrogen and oxygen atoms in total. The monoisotopic (exact) mass is 248 g/mol. The normalized spacial score (nSPS) is 9.47. The zero-order valence-electron chi connectivity index (χ0n) is 10.5. The van der Waals surface area contributed by atoms with Crippen LogP contribution in [-0.4, -0.2) is 0 Å². The molecule has 0 spiro atoms. The molecular formula is C15H12N4. The van der Waals surface area contributed by atoms with Gasteiger partial charge >= 0.3 is 0 Å². The number of hydrogen-bond donors (Lipinski definition) is 0. The highest BCUT2D eigenvalue weighted by atomic mass is 15.1. The van der Waals surface area contributed by atoms with E-state index in [4.69, 9.17) is 12.1 Å². The molecular weight excluding hydrogens is 236 g/mol. The minimum Gasteiger partial charge on any atom is -0.238 e. The molecule has 0 heterocycles. The zero-order chi connectivity index (χ0) is 13.7. The van der Waals surface area contributed by atoms with Gasteiger partial charge in [-0.25, -0.2) is 4.85 Å². The van der Waals surface area contributed by atoms with Crippen molar-refractivity contribution < 1.29 is 0 Å². The molecule has 0 amide bonds. The molecule has 2 aromatic rings. The minimum absolute atomic E-state index is 0.341. The van der Waals surface area contributed by atoms with Crippen LogP contribution in [0.25, 0.3) is 26.4 Å². The van der Waals surface area contributed by atoms with E-state index >= 15 is 0 Å². The van der Waals surface area contributed by atoms with Crippen molar-refractivity contribution in [3.05, 3.63) is 75.5 Å². The van der Waals surface area contributed by atoms with Crippen molar-refractivity contribution in [1.29, 1.82) is 0 Å². The lowest BCUT2D eigenvalue weighted by Gasteiger charge is -2.07. The molecule has 0 aliphatic rings. The van der Waals surface area contributed by atoms with Crippen LogP contribution in [0.5, 0.6) is 0 Å². The number of aryl methyl sites for hydroxylation is 1. The Morgan fingerprint density at radius 2 is 2.00 bits per heavy atom. The van der Waals surface area contributed by atoms with Gasteiger partial charge in [-0.3, -0.25) is 0 Å². The number of azide groups is 1. The Kier molecular flexibility index (Phi) is 3.82. The number of nitrogens with zero attached hydrogens (tertiary/aromatic N) is 4. The predicted molar refractivity (Wildman–Crippen MR) is 75.7 cm³/mol. The van der Waals surface area contributed by atoms with Gasteiger partial charge in [0.1, 0.15) is 0 Å². The lowest BCUT2D eigenvalue weighted by atomic mass is 10.00. The van der Waals surface area contributed by atoms with E-state index in [1.165, 1.54) is 0 Å². The SMILES string of the molecule is [C-]#[N+]c1cccc(-c2cc(C)cc(CN=[N+]=[N-])c2)c1. The van der Waals surface area contributed by atoms with Crippen LogP contribution >= 0.6 is 0 Å². The first-order valence-electron chi connectivity index (χ1n) is 5.82. The van der Waals surface area contributed by atoms with E-state index < -0.39 is 0 Å². The van der Waals surface area contributed by atoms with Crippen LogP contribution in [0.1, 0.15) is 11.1 Å². The van der Waals surface area contributed by atoms with Crippen LogP contribution in [0.2, 0.25) is 0 Å². The van der Waals surface area contributed by atoms with Gasteiger partial charge in [0.15, 0.2) is 5.69 Å². The molecule has 2 rings (SSSR count). The average molecular weight is 248 g/mol. The molecule has 0 N–H and O–H groups in total. The maximum atomic E-state index is 8.38. The number of rotatable bonds is 3. The first-order chi connectivity index (χ1) is 9.22. The second kappa shape index (κ2) is 5.72. The summed E-state index contributed by atoms with van der Waals surface area (Å²) < 4.78 is 0. The maximum absolute atomic E-state index is 8.38. The molecule has 0 aliphatic heterocycles. The van der Waals surface area contributed by atoms with Gasteiger partial charge in [0.05, 0.1) is 13.1 Å². The molecule has 0 bridgehead atoms. The van der Waals surface area contributed by atoms with E-state index in [0.717, 1.165) is 22.3 Å². The second-order valence-electron chi connectivity index (χ2n) is 4.26. The summed E-state index contributed by atoms with van der Waals surface area (Å²) in [5.74, 6) is 0. The standard InChI is InChI=1S/C15H12N4/c1-11-6-12(10-18-19-16)8-14(7-11)13-4-3-5-15(9-13)17-2/h3-9H,10H2,1H3. The summed E-state index contributed by atoms with van der Waals surface area (Å²) in [6, 6.07) is 13.5. The summed E-state index contributed by atoms with van der Waals surface area (Å²) in [4.78, 5) is 6.21. The van der Waals surface area contributed by atoms with Crippen molar-refractivity contribution in [3.8, 4) is 11.1 Å². The molecule has 0 aromatic heterocycles. The van der Waals surface area contributed by atoms with E-state index in [-0.39, 0.29) is 0 Å². The van der Waals surface area contributed by atoms with Crippen LogP contribution in [0.4, 0.5) is 5.69 Å². The Balaban J connectivity index is 2.46. The molecule has 4 heteroatoms. The Labute approximate surface area is 111 Å². The summed E-state index contributed by atoms with van der Waals surface area (Å²) in [5, 5.41) is 3.58. The van der Waals surface area contributed by atoms with Crippen molar-refractivity contribution in [2.24, 2.45) is 5.11 Å². The van der Waals surface area contributed by atoms with Crippen molar-refractivity contribution in [1.82, 2.24) is 0 Å². The van der Waals surface area contributed by atoms with Crippen LogP contribution in [-0.2, 0) is 6.54 Å². The summed E-state index contributed by atoms with van der Waals surface area (Å²) in [7, 11) is 0. The molecule has 92 valence electrons. The number of hydrogen-bond acceptors (Lipinski definition) is 1. The Morgan fingerprint density at radius 1 is 1.16 bits per heavy atom. The highest BCUT2D eigenvalue weighted by Gasteiger charge is 2.02. The van der Waals surface area contributed by atoms with Gasteiger partial charge in [-0.05, 0) is 35.2 Å². The summed E-state index contributed by atoms with van der Waals surface area (Å²) in [5.41, 5.74) is 13.1. The first-order valence-corrected chi connectivity index (χ1v) is 5.82. The van der Waals surface area contributed by atoms with Gasteiger partial charge in [-0.2, -0.15) is 0 Å². The Bertz CT molecular complexity index is 692. The fraction of sp³-hybridized carbons (Fsp3) is 0.133. The van der Waals surface area contributed by atoms with Crippen molar-refractivity contribution >= 4 is 5.69 Å². The van der Waals surface area contributed by atoms with E-state index in [0.29, 0.717) is 12.2 Å². The van der Waals surface area contributed by atoms with Gasteiger partial charge in [0.25, 0.3) is 0 Å². The molecule has 0 saturated carbocycles. The van der Waals surface area contributed by atoms with Crippen LogP contribution in [0.3, 0.4) is 0 Å². The van der Waals surface area contributed by atoms with E-state index in [1.807, 2.05) is 37.3 Å². The maximum Gasteiger partial charge on any atom is 0.187 e. The first kappa shape index (κ1) is 12.7. The van der Waals surface area contributed by atoms with Crippen molar-refractivity contribution in [2.45, 2.75) is 13.5 Å². The third-order valence-corrected chi connectivity index (χ3v) is 2.76. The topological polar surface area (TPSA) is 53.1 Å². The van der Waals surface area contributed by atoms with Crippen LogP contribution < -0.4 is 0 Å². The third kappa shape index (κ3) is 3.12. The lowest BCUT2D eigenvalue weighted by molar-refractivity contribution is 1.04. The molecule has 19 heavy (non-hydrogen) atoms. The Morgan fingerprint density at radius 3 is 2.74 bits per heavy atom. The molecule has 0 aliphatic carbocycles. The fourth-order valence-electron chi connectivity index (χ4n) is 1.99. The fourth-order valence-corrected chi connectivity index (χ4v) is 1.99. The summed E-state index contributed by atoms with van der Waals surface area (Å²) in [6.45, 7) is 9.39. The highest BCUT2D eigenvalue weighted by molar-refractivity contribution is 5.69. The van der Waals surface area contributed by atoms with Gasteiger partial charge in [0, 0.05) is 4.91 Å². The lowest BCUT2D eigenvalue weighted by Crippen LogP contribution is -1.86. The molecule has 0 atom stereocenters. The van der Waals surface area contributed by atoms with E-state index in [1.54, 1.807) is 6.07 Å². The molecule has 0 saturated heterocycles. The average Bonchev–Trinajstić information content (AvgIpc) is 2.44. The van der Waals surface area contributed by atoms with E-state index in [9.17, 15) is 0 Å². The molecule has 0 radical (unpaired) electrons. The third-order valence-electron chi connectivity index (χ3n) is 2.76. The van der Waals surface area contributed by atoms with Crippen molar-refractivity contribution in [2.75, 3.05) is 0 Å². The predicted octanol–water partition coefficient (Wildman–Crippen LogP) is 5.02.